The summed E-state index contributed by atoms with van der Waals surface area (Å²) in [5, 5.41) is 1.28. The SMILES string of the molecule is C#Cc1c(F)ccc2cc(OCOC)cc(-c3nc4c5c(nc(OC[C@@]67CCCN6[C@H](CF)CC7)nc5c3F)N3CCN(C(=O)OC(C)(C)C)C[C@H]3CC4)c12. The summed E-state index contributed by atoms with van der Waals surface area (Å²) >= 11 is 0. The number of piperazine rings is 1. The Morgan fingerprint density at radius 2 is 1.89 bits per heavy atom. The largest absolute Gasteiger partial charge is 0.468 e. The van der Waals surface area contributed by atoms with Gasteiger partial charge in [-0.3, -0.25) is 4.90 Å². The van der Waals surface area contributed by atoms with E-state index >= 15 is 8.78 Å². The predicted molar refractivity (Wildman–Crippen MR) is 201 cm³/mol. The average molecular weight is 759 g/mol. The molecule has 0 bridgehead atoms. The van der Waals surface area contributed by atoms with E-state index in [1.54, 1.807) is 23.1 Å². The first-order valence-electron chi connectivity index (χ1n) is 18.9. The molecule has 4 aliphatic rings. The Morgan fingerprint density at radius 1 is 1.05 bits per heavy atom. The van der Waals surface area contributed by atoms with Crippen molar-refractivity contribution in [2.45, 2.75) is 82.5 Å². The molecule has 3 atom stereocenters. The molecule has 0 radical (unpaired) electrons. The molecule has 3 fully saturated rings. The maximum atomic E-state index is 17.5. The first kappa shape index (κ1) is 37.1. The van der Waals surface area contributed by atoms with Crippen LogP contribution in [0.1, 0.15) is 64.1 Å². The van der Waals surface area contributed by atoms with Gasteiger partial charge in [-0.2, -0.15) is 9.97 Å². The van der Waals surface area contributed by atoms with Crippen molar-refractivity contribution in [1.29, 1.82) is 0 Å². The molecule has 0 saturated carbocycles. The van der Waals surface area contributed by atoms with E-state index in [-0.39, 0.29) is 59.4 Å². The zero-order chi connectivity index (χ0) is 38.6. The lowest BCUT2D eigenvalue weighted by atomic mass is 9.95. The number of methoxy groups -OCH3 is 1. The third-order valence-corrected chi connectivity index (χ3v) is 11.4. The van der Waals surface area contributed by atoms with Crippen LogP contribution in [0.25, 0.3) is 32.9 Å². The second-order valence-electron chi connectivity index (χ2n) is 15.9. The lowest BCUT2D eigenvalue weighted by Crippen LogP contribution is -2.55. The van der Waals surface area contributed by atoms with E-state index in [1.807, 2.05) is 20.8 Å². The number of terminal acetylenes is 1. The molecular weight excluding hydrogens is 713 g/mol. The number of amides is 1. The fourth-order valence-corrected chi connectivity index (χ4v) is 8.94. The summed E-state index contributed by atoms with van der Waals surface area (Å²) in [6, 6.07) is 5.73. The molecule has 4 aromatic rings. The van der Waals surface area contributed by atoms with E-state index in [2.05, 4.69) is 15.7 Å². The average Bonchev–Trinajstić information content (AvgIpc) is 3.69. The van der Waals surface area contributed by atoms with Crippen molar-refractivity contribution in [1.82, 2.24) is 24.8 Å². The number of nitrogens with zero attached hydrogens (tertiary/aromatic N) is 6. The minimum Gasteiger partial charge on any atom is -0.468 e. The van der Waals surface area contributed by atoms with Gasteiger partial charge >= 0.3 is 12.1 Å². The molecule has 11 nitrogen and oxygen atoms in total. The Hall–Kier alpha value is -4.87. The Bertz CT molecular complexity index is 2210. The van der Waals surface area contributed by atoms with Gasteiger partial charge < -0.3 is 28.7 Å². The normalized spacial score (nSPS) is 22.4. The fraction of sp³-hybridized carbons (Fsp3) is 0.512. The summed E-state index contributed by atoms with van der Waals surface area (Å²) in [6.07, 6.45) is 9.72. The number of alkyl halides is 1. The van der Waals surface area contributed by atoms with E-state index in [1.165, 1.54) is 13.2 Å². The highest BCUT2D eigenvalue weighted by Crippen LogP contribution is 2.45. The molecule has 0 aliphatic carbocycles. The molecule has 2 aromatic heterocycles. The number of halogens is 3. The minimum atomic E-state index is -0.755. The maximum absolute atomic E-state index is 17.5. The molecule has 1 amide bonds. The van der Waals surface area contributed by atoms with Crippen LogP contribution in [0.3, 0.4) is 0 Å². The van der Waals surface area contributed by atoms with Gasteiger partial charge in [0.2, 0.25) is 0 Å². The van der Waals surface area contributed by atoms with Gasteiger partial charge in [0.1, 0.15) is 47.5 Å². The highest BCUT2D eigenvalue weighted by molar-refractivity contribution is 6.03. The molecule has 14 heteroatoms. The van der Waals surface area contributed by atoms with Crippen LogP contribution in [-0.2, 0) is 15.9 Å². The van der Waals surface area contributed by atoms with Gasteiger partial charge in [0.05, 0.1) is 22.2 Å². The Morgan fingerprint density at radius 3 is 2.65 bits per heavy atom. The number of rotatable bonds is 8. The third-order valence-electron chi connectivity index (χ3n) is 11.4. The summed E-state index contributed by atoms with van der Waals surface area (Å²) in [6.45, 7) is 7.14. The molecule has 3 saturated heterocycles. The summed E-state index contributed by atoms with van der Waals surface area (Å²) in [5.41, 5.74) is -0.348. The highest BCUT2D eigenvalue weighted by atomic mass is 19.1. The molecule has 4 aliphatic heterocycles. The van der Waals surface area contributed by atoms with Crippen molar-refractivity contribution in [3.05, 3.63) is 47.2 Å². The maximum Gasteiger partial charge on any atom is 0.410 e. The molecule has 2 aromatic carbocycles. The molecule has 0 N–H and O–H groups in total. The number of carbonyl (C=O) groups is 1. The number of aromatic nitrogens is 3. The topological polar surface area (TPSA) is 102 Å². The number of benzene rings is 2. The quantitative estimate of drug-likeness (QED) is 0.141. The van der Waals surface area contributed by atoms with Gasteiger partial charge in [0, 0.05) is 49.8 Å². The standard InChI is InChI=1S/C41H45F3N6O5/c1-6-28-30(43)10-8-24-18-27(54-23-52-5)19-29(32(24)28)35-34(44)36-33-31(45-35)11-9-26-21-48(39(51)55-40(2,3)4)16-17-49(26)37(33)47-38(46-36)53-22-41-13-7-15-50(41)25(20-42)12-14-41/h1,8,10,18-19,25-26H,7,9,11-17,20-23H2,2-5H3/t25-,26+,41-/m0/s1. The van der Waals surface area contributed by atoms with Gasteiger partial charge in [-0.1, -0.05) is 12.0 Å². The molecule has 8 rings (SSSR count). The van der Waals surface area contributed by atoms with E-state index in [9.17, 15) is 9.18 Å². The first-order valence-corrected chi connectivity index (χ1v) is 18.9. The first-order chi connectivity index (χ1) is 26.4. The molecule has 290 valence electrons. The zero-order valence-corrected chi connectivity index (χ0v) is 31.6. The molecule has 0 spiro atoms. The number of fused-ring (bicyclic) bond motifs is 4. The van der Waals surface area contributed by atoms with Crippen LogP contribution in [0.15, 0.2) is 24.3 Å². The summed E-state index contributed by atoms with van der Waals surface area (Å²) in [5.74, 6) is 1.88. The Kier molecular flexibility index (Phi) is 9.66. The van der Waals surface area contributed by atoms with Crippen molar-refractivity contribution >= 4 is 33.6 Å². The number of aryl methyl sites for hydroxylation is 1. The Labute approximate surface area is 318 Å². The van der Waals surface area contributed by atoms with Crippen molar-refractivity contribution in [2.24, 2.45) is 0 Å². The van der Waals surface area contributed by atoms with E-state index < -0.39 is 30.0 Å². The van der Waals surface area contributed by atoms with E-state index in [4.69, 9.17) is 40.3 Å². The highest BCUT2D eigenvalue weighted by Gasteiger charge is 2.50. The van der Waals surface area contributed by atoms with Crippen LogP contribution >= 0.6 is 0 Å². The molecule has 0 unspecified atom stereocenters. The number of pyridine rings is 1. The Balaban J connectivity index is 1.27. The van der Waals surface area contributed by atoms with Crippen LogP contribution in [-0.4, -0.2) is 107 Å². The smallest absolute Gasteiger partial charge is 0.410 e. The van der Waals surface area contributed by atoms with Gasteiger partial charge in [-0.15, -0.1) is 6.42 Å². The van der Waals surface area contributed by atoms with E-state index in [0.29, 0.717) is 65.9 Å². The third kappa shape index (κ3) is 6.65. The molecular formula is C41H45F3N6O5. The number of anilines is 1. The van der Waals surface area contributed by atoms with Gasteiger partial charge in [-0.05, 0) is 89.4 Å². The predicted octanol–water partition coefficient (Wildman–Crippen LogP) is 6.80. The lowest BCUT2D eigenvalue weighted by molar-refractivity contribution is 0.0212. The summed E-state index contributed by atoms with van der Waals surface area (Å²) in [7, 11) is 1.49. The van der Waals surface area contributed by atoms with Gasteiger partial charge in [-0.25, -0.2) is 22.9 Å². The van der Waals surface area contributed by atoms with Crippen LogP contribution in [0, 0.1) is 24.0 Å². The van der Waals surface area contributed by atoms with Crippen LogP contribution < -0.4 is 14.4 Å². The summed E-state index contributed by atoms with van der Waals surface area (Å²) < 4.78 is 69.8. The van der Waals surface area contributed by atoms with Crippen molar-refractivity contribution in [3.63, 3.8) is 0 Å². The monoisotopic (exact) mass is 758 g/mol. The number of hydrogen-bond donors (Lipinski definition) is 0. The van der Waals surface area contributed by atoms with Crippen LogP contribution in [0.2, 0.25) is 0 Å². The number of ether oxygens (including phenoxy) is 4. The summed E-state index contributed by atoms with van der Waals surface area (Å²) in [4.78, 5) is 33.8. The van der Waals surface area contributed by atoms with E-state index in [0.717, 1.165) is 32.2 Å². The van der Waals surface area contributed by atoms with Gasteiger partial charge in [0.25, 0.3) is 0 Å². The second-order valence-corrected chi connectivity index (χ2v) is 15.9. The van der Waals surface area contributed by atoms with Crippen LogP contribution in [0.4, 0.5) is 23.8 Å². The van der Waals surface area contributed by atoms with Crippen molar-refractivity contribution < 1.29 is 36.9 Å². The lowest BCUT2D eigenvalue weighted by Gasteiger charge is -2.41. The fourth-order valence-electron chi connectivity index (χ4n) is 8.94. The molecule has 6 heterocycles. The number of carbonyl (C=O) groups excluding carboxylic acids is 1. The zero-order valence-electron chi connectivity index (χ0n) is 31.6. The molecule has 55 heavy (non-hydrogen) atoms. The van der Waals surface area contributed by atoms with Crippen LogP contribution in [0.5, 0.6) is 11.8 Å². The van der Waals surface area contributed by atoms with Gasteiger partial charge in [0.15, 0.2) is 12.6 Å². The van der Waals surface area contributed by atoms with Crippen molar-refractivity contribution in [2.75, 3.05) is 58.3 Å². The minimum absolute atomic E-state index is 0.000852. The van der Waals surface area contributed by atoms with Crippen molar-refractivity contribution in [3.8, 4) is 35.4 Å². The number of hydrogen-bond acceptors (Lipinski definition) is 10. The second kappa shape index (κ2) is 14.3.